The summed E-state index contributed by atoms with van der Waals surface area (Å²) in [4.78, 5) is 24.0. The van der Waals surface area contributed by atoms with Crippen molar-refractivity contribution in [3.63, 3.8) is 0 Å². The third kappa shape index (κ3) is 2.69. The zero-order valence-electron chi connectivity index (χ0n) is 11.3. The molecule has 0 saturated carbocycles. The predicted molar refractivity (Wildman–Crippen MR) is 70.6 cm³/mol. The van der Waals surface area contributed by atoms with Gasteiger partial charge in [0.25, 0.3) is 0 Å². The van der Waals surface area contributed by atoms with E-state index in [2.05, 4.69) is 15.0 Å². The molecule has 0 bridgehead atoms. The van der Waals surface area contributed by atoms with E-state index in [0.717, 1.165) is 4.90 Å². The van der Waals surface area contributed by atoms with E-state index >= 15 is 0 Å². The molecule has 4 N–H and O–H groups in total. The normalized spacial score (nSPS) is 19.0. The van der Waals surface area contributed by atoms with Gasteiger partial charge in [0.05, 0.1) is 30.8 Å². The molecular weight excluding hydrogens is 301 g/mol. The molecule has 22 heavy (non-hydrogen) atoms. The standard InChI is InChI=1S/C12H13F3N6O/c13-12(14,15)8-5-21(11(22)19-8)4-6-1-2-7-10(17-6)20-9(3-16)18-7/h1-2,8H,3-5,16H2,(H,19,22)(H,17,18,20). The number of imidazole rings is 1. The van der Waals surface area contributed by atoms with Crippen molar-refractivity contribution < 1.29 is 18.0 Å². The Hall–Kier alpha value is -2.36. The van der Waals surface area contributed by atoms with Crippen molar-refractivity contribution in [2.45, 2.75) is 25.3 Å². The number of fused-ring (bicyclic) bond motifs is 1. The van der Waals surface area contributed by atoms with E-state index in [1.165, 1.54) is 0 Å². The van der Waals surface area contributed by atoms with E-state index < -0.39 is 24.8 Å². The molecule has 0 spiro atoms. The van der Waals surface area contributed by atoms with Gasteiger partial charge in [0.2, 0.25) is 0 Å². The Morgan fingerprint density at radius 2 is 2.14 bits per heavy atom. The number of pyridine rings is 1. The lowest BCUT2D eigenvalue weighted by Gasteiger charge is -2.15. The van der Waals surface area contributed by atoms with Gasteiger partial charge in [0, 0.05) is 0 Å². The first kappa shape index (κ1) is 14.6. The molecule has 1 atom stereocenters. The Kier molecular flexibility index (Phi) is 3.39. The quantitative estimate of drug-likeness (QED) is 0.782. The SMILES string of the molecule is NCc1nc2nc(CN3CC(C(F)(F)F)NC3=O)ccc2[nH]1. The maximum Gasteiger partial charge on any atom is 0.410 e. The Labute approximate surface area is 122 Å². The number of nitrogens with two attached hydrogens (primary N) is 1. The van der Waals surface area contributed by atoms with Crippen LogP contribution >= 0.6 is 0 Å². The number of nitrogens with zero attached hydrogens (tertiary/aromatic N) is 3. The smallest absolute Gasteiger partial charge is 0.340 e. The summed E-state index contributed by atoms with van der Waals surface area (Å²) in [5.41, 5.74) is 7.03. The van der Waals surface area contributed by atoms with Crippen LogP contribution in [0, 0.1) is 0 Å². The van der Waals surface area contributed by atoms with E-state index in [-0.39, 0.29) is 13.1 Å². The molecule has 118 valence electrons. The molecule has 2 aromatic rings. The van der Waals surface area contributed by atoms with Crippen LogP contribution in [-0.4, -0.2) is 44.6 Å². The largest absolute Gasteiger partial charge is 0.410 e. The average Bonchev–Trinajstić information content (AvgIpc) is 3.02. The first-order chi connectivity index (χ1) is 10.4. The topological polar surface area (TPSA) is 99.9 Å². The van der Waals surface area contributed by atoms with Crippen LogP contribution < -0.4 is 11.1 Å². The van der Waals surface area contributed by atoms with E-state index in [1.54, 1.807) is 12.1 Å². The molecule has 7 nitrogen and oxygen atoms in total. The summed E-state index contributed by atoms with van der Waals surface area (Å²) in [6.45, 7) is -0.219. The molecule has 1 fully saturated rings. The number of hydrogen-bond acceptors (Lipinski definition) is 4. The van der Waals surface area contributed by atoms with Crippen LogP contribution in [0.1, 0.15) is 11.5 Å². The maximum atomic E-state index is 12.6. The van der Waals surface area contributed by atoms with Gasteiger partial charge in [0.15, 0.2) is 5.65 Å². The lowest BCUT2D eigenvalue weighted by molar-refractivity contribution is -0.149. The number of hydrogen-bond donors (Lipinski definition) is 3. The van der Waals surface area contributed by atoms with Gasteiger partial charge in [-0.3, -0.25) is 0 Å². The Morgan fingerprint density at radius 3 is 2.77 bits per heavy atom. The molecule has 2 aromatic heterocycles. The first-order valence-electron chi connectivity index (χ1n) is 6.53. The fourth-order valence-electron chi connectivity index (χ4n) is 2.27. The van der Waals surface area contributed by atoms with Crippen LogP contribution in [0.4, 0.5) is 18.0 Å². The Balaban J connectivity index is 1.77. The second-order valence-corrected chi connectivity index (χ2v) is 4.99. The minimum Gasteiger partial charge on any atom is -0.340 e. The number of H-pyrrole nitrogens is 1. The highest BCUT2D eigenvalue weighted by Gasteiger charge is 2.46. The van der Waals surface area contributed by atoms with Crippen LogP contribution in [0.3, 0.4) is 0 Å². The third-order valence-corrected chi connectivity index (χ3v) is 3.38. The number of carbonyl (C=O) groups is 1. The van der Waals surface area contributed by atoms with Crippen LogP contribution in [0.25, 0.3) is 11.2 Å². The number of halogens is 3. The van der Waals surface area contributed by atoms with Gasteiger partial charge >= 0.3 is 12.2 Å². The molecule has 10 heteroatoms. The lowest BCUT2D eigenvalue weighted by atomic mass is 10.3. The van der Waals surface area contributed by atoms with Crippen molar-refractivity contribution in [1.29, 1.82) is 0 Å². The Morgan fingerprint density at radius 1 is 1.36 bits per heavy atom. The van der Waals surface area contributed by atoms with Crippen molar-refractivity contribution >= 4 is 17.2 Å². The number of urea groups is 1. The van der Waals surface area contributed by atoms with Crippen LogP contribution in [0.5, 0.6) is 0 Å². The maximum absolute atomic E-state index is 12.6. The van der Waals surface area contributed by atoms with Gasteiger partial charge in [-0.25, -0.2) is 14.8 Å². The molecule has 1 aliphatic heterocycles. The summed E-state index contributed by atoms with van der Waals surface area (Å²) in [7, 11) is 0. The highest BCUT2D eigenvalue weighted by Crippen LogP contribution is 2.25. The van der Waals surface area contributed by atoms with Crippen molar-refractivity contribution in [1.82, 2.24) is 25.2 Å². The number of amides is 2. The molecule has 1 unspecified atom stereocenters. The van der Waals surface area contributed by atoms with E-state index in [4.69, 9.17) is 5.73 Å². The van der Waals surface area contributed by atoms with Gasteiger partial charge < -0.3 is 20.9 Å². The number of aromatic nitrogens is 3. The van der Waals surface area contributed by atoms with E-state index in [9.17, 15) is 18.0 Å². The third-order valence-electron chi connectivity index (χ3n) is 3.38. The van der Waals surface area contributed by atoms with Gasteiger partial charge in [-0.2, -0.15) is 13.2 Å². The van der Waals surface area contributed by atoms with Crippen LogP contribution in [0.2, 0.25) is 0 Å². The summed E-state index contributed by atoms with van der Waals surface area (Å²) in [6.07, 6.45) is -4.46. The zero-order valence-corrected chi connectivity index (χ0v) is 11.3. The zero-order chi connectivity index (χ0) is 15.9. The summed E-state index contributed by atoms with van der Waals surface area (Å²) in [5.74, 6) is 0.565. The molecule has 0 aliphatic carbocycles. The van der Waals surface area contributed by atoms with Crippen molar-refractivity contribution in [2.75, 3.05) is 6.54 Å². The molecule has 3 rings (SSSR count). The highest BCUT2D eigenvalue weighted by atomic mass is 19.4. The molecule has 1 aliphatic rings. The fraction of sp³-hybridized carbons (Fsp3) is 0.417. The van der Waals surface area contributed by atoms with E-state index in [1.807, 2.05) is 5.32 Å². The minimum absolute atomic E-state index is 0.0147. The number of rotatable bonds is 3. The average molecular weight is 314 g/mol. The summed E-state index contributed by atoms with van der Waals surface area (Å²) >= 11 is 0. The summed E-state index contributed by atoms with van der Waals surface area (Å²) in [5, 5.41) is 1.91. The van der Waals surface area contributed by atoms with Gasteiger partial charge in [0.1, 0.15) is 11.9 Å². The fourth-order valence-corrected chi connectivity index (χ4v) is 2.27. The predicted octanol–water partition coefficient (Wildman–Crippen LogP) is 0.873. The van der Waals surface area contributed by atoms with Gasteiger partial charge in [-0.1, -0.05) is 0 Å². The van der Waals surface area contributed by atoms with Crippen molar-refractivity contribution in [3.05, 3.63) is 23.7 Å². The number of carbonyl (C=O) groups excluding carboxylic acids is 1. The Bertz CT molecular complexity index is 712. The van der Waals surface area contributed by atoms with Crippen LogP contribution in [-0.2, 0) is 13.1 Å². The molecule has 2 amide bonds. The molecule has 3 heterocycles. The minimum atomic E-state index is -4.46. The molecule has 1 saturated heterocycles. The van der Waals surface area contributed by atoms with Gasteiger partial charge in [-0.05, 0) is 12.1 Å². The van der Waals surface area contributed by atoms with Crippen LogP contribution in [0.15, 0.2) is 12.1 Å². The molecule has 0 aromatic carbocycles. The van der Waals surface area contributed by atoms with Crippen molar-refractivity contribution in [3.8, 4) is 0 Å². The van der Waals surface area contributed by atoms with E-state index in [0.29, 0.717) is 22.7 Å². The van der Waals surface area contributed by atoms with Crippen molar-refractivity contribution in [2.24, 2.45) is 5.73 Å². The second kappa shape index (κ2) is 5.13. The number of nitrogens with one attached hydrogen (secondary N) is 2. The number of alkyl halides is 3. The molecular formula is C12H13F3N6O. The molecule has 0 radical (unpaired) electrons. The summed E-state index contributed by atoms with van der Waals surface area (Å²) < 4.78 is 37.8. The first-order valence-corrected chi connectivity index (χ1v) is 6.53. The monoisotopic (exact) mass is 314 g/mol. The summed E-state index contributed by atoms with van der Waals surface area (Å²) in [6, 6.07) is 0.737. The second-order valence-electron chi connectivity index (χ2n) is 4.99. The van der Waals surface area contributed by atoms with Gasteiger partial charge in [-0.15, -0.1) is 0 Å². The number of aromatic amines is 1. The highest BCUT2D eigenvalue weighted by molar-refractivity contribution is 5.77. The lowest BCUT2D eigenvalue weighted by Crippen LogP contribution is -2.40.